The topological polar surface area (TPSA) is 44.8 Å². The molecule has 1 heterocycles. The van der Waals surface area contributed by atoms with Gasteiger partial charge in [-0.15, -0.1) is 0 Å². The van der Waals surface area contributed by atoms with Crippen LogP contribution in [0.1, 0.15) is 34.6 Å². The SMILES string of the molecule is CC(=O)O[C@H]1O[C@@H](C(C)C)O[C@@H](C(C)C)[C@H]1CI. The molecule has 0 aromatic rings. The van der Waals surface area contributed by atoms with E-state index in [1.54, 1.807) is 0 Å². The fourth-order valence-corrected chi connectivity index (χ4v) is 3.00. The van der Waals surface area contributed by atoms with E-state index in [0.29, 0.717) is 5.92 Å². The highest BCUT2D eigenvalue weighted by Gasteiger charge is 2.42. The molecule has 0 spiro atoms. The van der Waals surface area contributed by atoms with Crippen LogP contribution in [0.3, 0.4) is 0 Å². The zero-order valence-corrected chi connectivity index (χ0v) is 13.8. The lowest BCUT2D eigenvalue weighted by Gasteiger charge is -2.43. The number of hydrogen-bond acceptors (Lipinski definition) is 4. The van der Waals surface area contributed by atoms with Crippen molar-refractivity contribution in [3.8, 4) is 0 Å². The first-order valence-electron chi connectivity index (χ1n) is 6.41. The van der Waals surface area contributed by atoms with Gasteiger partial charge in [-0.05, 0) is 5.92 Å². The van der Waals surface area contributed by atoms with Crippen molar-refractivity contribution >= 4 is 28.6 Å². The number of hydrogen-bond donors (Lipinski definition) is 0. The maximum Gasteiger partial charge on any atom is 0.304 e. The number of ether oxygens (including phenoxy) is 3. The first kappa shape index (κ1) is 16.2. The van der Waals surface area contributed by atoms with Crippen LogP contribution in [-0.2, 0) is 19.0 Å². The molecule has 106 valence electrons. The highest BCUT2D eigenvalue weighted by atomic mass is 127. The van der Waals surface area contributed by atoms with E-state index in [0.717, 1.165) is 4.43 Å². The van der Waals surface area contributed by atoms with Gasteiger partial charge in [-0.3, -0.25) is 4.79 Å². The molecule has 0 radical (unpaired) electrons. The summed E-state index contributed by atoms with van der Waals surface area (Å²) in [5.41, 5.74) is 0. The maximum absolute atomic E-state index is 11.2. The molecule has 0 unspecified atom stereocenters. The molecule has 0 saturated carbocycles. The third-order valence-corrected chi connectivity index (χ3v) is 4.01. The highest BCUT2D eigenvalue weighted by molar-refractivity contribution is 14.1. The monoisotopic (exact) mass is 370 g/mol. The average Bonchev–Trinajstić information content (AvgIpc) is 2.26. The van der Waals surface area contributed by atoms with E-state index in [4.69, 9.17) is 14.2 Å². The van der Waals surface area contributed by atoms with E-state index >= 15 is 0 Å². The second kappa shape index (κ2) is 7.05. The van der Waals surface area contributed by atoms with Gasteiger partial charge in [0.15, 0.2) is 6.29 Å². The molecule has 0 bridgehead atoms. The van der Waals surface area contributed by atoms with Crippen LogP contribution in [0.15, 0.2) is 0 Å². The number of esters is 1. The Labute approximate surface area is 123 Å². The van der Waals surface area contributed by atoms with Crippen LogP contribution in [0.25, 0.3) is 0 Å². The van der Waals surface area contributed by atoms with Gasteiger partial charge in [-0.2, -0.15) is 0 Å². The fourth-order valence-electron chi connectivity index (χ4n) is 2.08. The molecule has 1 rings (SSSR count). The number of alkyl halides is 1. The van der Waals surface area contributed by atoms with Crippen LogP contribution in [0.4, 0.5) is 0 Å². The maximum atomic E-state index is 11.2. The van der Waals surface area contributed by atoms with Gasteiger partial charge in [-0.1, -0.05) is 50.3 Å². The Kier molecular flexibility index (Phi) is 6.34. The minimum absolute atomic E-state index is 0.0624. The zero-order chi connectivity index (χ0) is 13.9. The second-order valence-electron chi connectivity index (χ2n) is 5.39. The normalized spacial score (nSPS) is 32.9. The quantitative estimate of drug-likeness (QED) is 0.434. The largest absolute Gasteiger partial charge is 0.435 e. The summed E-state index contributed by atoms with van der Waals surface area (Å²) in [6.07, 6.45) is -0.735. The molecule has 4 nitrogen and oxygen atoms in total. The summed E-state index contributed by atoms with van der Waals surface area (Å²) < 4.78 is 17.9. The van der Waals surface area contributed by atoms with Gasteiger partial charge < -0.3 is 14.2 Å². The Morgan fingerprint density at radius 3 is 2.22 bits per heavy atom. The first-order chi connectivity index (χ1) is 8.36. The van der Waals surface area contributed by atoms with Crippen LogP contribution >= 0.6 is 22.6 Å². The molecule has 0 aromatic heterocycles. The van der Waals surface area contributed by atoms with Crippen LogP contribution in [0.5, 0.6) is 0 Å². The summed E-state index contributed by atoms with van der Waals surface area (Å²) in [5, 5.41) is 0. The predicted octanol–water partition coefficient (Wildman–Crippen LogP) is 2.98. The van der Waals surface area contributed by atoms with Crippen molar-refractivity contribution in [3.05, 3.63) is 0 Å². The van der Waals surface area contributed by atoms with E-state index in [1.807, 2.05) is 13.8 Å². The molecular formula is C13H23IO4. The summed E-state index contributed by atoms with van der Waals surface area (Å²) in [6, 6.07) is 0. The summed E-state index contributed by atoms with van der Waals surface area (Å²) in [7, 11) is 0. The van der Waals surface area contributed by atoms with Gasteiger partial charge in [0.1, 0.15) is 0 Å². The number of halogens is 1. The third-order valence-electron chi connectivity index (χ3n) is 2.99. The standard InChI is InChI=1S/C13H23IO4/c1-7(2)11-10(6-14)13(16-9(5)15)18-12(17-11)8(3)4/h7-8,10-13H,6H2,1-5H3/t10-,11+,12+,13+/m1/s1. The van der Waals surface area contributed by atoms with E-state index in [1.165, 1.54) is 6.92 Å². The van der Waals surface area contributed by atoms with E-state index in [-0.39, 0.29) is 30.2 Å². The Bertz CT molecular complexity index is 280. The van der Waals surface area contributed by atoms with E-state index in [2.05, 4.69) is 36.4 Å². The van der Waals surface area contributed by atoms with Crippen molar-refractivity contribution in [3.63, 3.8) is 0 Å². The smallest absolute Gasteiger partial charge is 0.304 e. The summed E-state index contributed by atoms with van der Waals surface area (Å²) >= 11 is 2.29. The Balaban J connectivity index is 2.86. The van der Waals surface area contributed by atoms with Crippen molar-refractivity contribution < 1.29 is 19.0 Å². The average molecular weight is 370 g/mol. The van der Waals surface area contributed by atoms with Crippen LogP contribution < -0.4 is 0 Å². The minimum atomic E-state index is -0.493. The molecule has 1 aliphatic heterocycles. The van der Waals surface area contributed by atoms with Gasteiger partial charge in [0.2, 0.25) is 6.29 Å². The minimum Gasteiger partial charge on any atom is -0.435 e. The van der Waals surface area contributed by atoms with Gasteiger partial charge in [-0.25, -0.2) is 0 Å². The highest BCUT2D eigenvalue weighted by Crippen LogP contribution is 2.33. The zero-order valence-electron chi connectivity index (χ0n) is 11.7. The number of carbonyl (C=O) groups excluding carboxylic acids is 1. The van der Waals surface area contributed by atoms with Gasteiger partial charge in [0.25, 0.3) is 0 Å². The van der Waals surface area contributed by atoms with Crippen molar-refractivity contribution in [1.82, 2.24) is 0 Å². The lowest BCUT2D eigenvalue weighted by atomic mass is 9.92. The van der Waals surface area contributed by atoms with E-state index < -0.39 is 6.29 Å². The van der Waals surface area contributed by atoms with Crippen molar-refractivity contribution in [2.45, 2.75) is 53.3 Å². The molecular weight excluding hydrogens is 347 g/mol. The van der Waals surface area contributed by atoms with Crippen molar-refractivity contribution in [2.75, 3.05) is 4.43 Å². The summed E-state index contributed by atoms with van der Waals surface area (Å²) in [5.74, 6) is 0.388. The van der Waals surface area contributed by atoms with E-state index in [9.17, 15) is 4.79 Å². The van der Waals surface area contributed by atoms with Gasteiger partial charge in [0, 0.05) is 17.3 Å². The molecule has 5 heteroatoms. The molecule has 0 amide bonds. The Morgan fingerprint density at radius 2 is 1.83 bits per heavy atom. The number of carbonyl (C=O) groups is 1. The van der Waals surface area contributed by atoms with Crippen LogP contribution in [-0.4, -0.2) is 29.1 Å². The first-order valence-corrected chi connectivity index (χ1v) is 7.93. The fraction of sp³-hybridized carbons (Fsp3) is 0.923. The van der Waals surface area contributed by atoms with Crippen LogP contribution in [0.2, 0.25) is 0 Å². The lowest BCUT2D eigenvalue weighted by Crippen LogP contribution is -2.52. The number of rotatable bonds is 4. The molecule has 1 aliphatic rings. The lowest BCUT2D eigenvalue weighted by molar-refractivity contribution is -0.336. The second-order valence-corrected chi connectivity index (χ2v) is 6.27. The van der Waals surface area contributed by atoms with Crippen molar-refractivity contribution in [1.29, 1.82) is 0 Å². The third kappa shape index (κ3) is 4.06. The predicted molar refractivity (Wildman–Crippen MR) is 77.4 cm³/mol. The Hall–Kier alpha value is 0.120. The molecule has 1 fully saturated rings. The molecule has 1 saturated heterocycles. The van der Waals surface area contributed by atoms with Gasteiger partial charge in [0.05, 0.1) is 12.0 Å². The molecule has 0 N–H and O–H groups in total. The Morgan fingerprint density at radius 1 is 1.22 bits per heavy atom. The van der Waals surface area contributed by atoms with Gasteiger partial charge >= 0.3 is 5.97 Å². The van der Waals surface area contributed by atoms with Crippen LogP contribution in [0, 0.1) is 17.8 Å². The summed E-state index contributed by atoms with van der Waals surface area (Å²) in [6.45, 7) is 9.74. The van der Waals surface area contributed by atoms with Crippen molar-refractivity contribution in [2.24, 2.45) is 17.8 Å². The molecule has 0 aliphatic carbocycles. The molecule has 4 atom stereocenters. The molecule has 18 heavy (non-hydrogen) atoms. The molecule has 0 aromatic carbocycles. The summed E-state index contributed by atoms with van der Waals surface area (Å²) in [4.78, 5) is 11.2.